The normalized spacial score (nSPS) is 37.3. The van der Waals surface area contributed by atoms with E-state index in [4.69, 9.17) is 0 Å². The molecule has 1 aliphatic heterocycles. The number of aliphatic hydroxyl groups is 1. The van der Waals surface area contributed by atoms with Crippen LogP contribution in [0.4, 0.5) is 0 Å². The summed E-state index contributed by atoms with van der Waals surface area (Å²) in [5.74, 6) is 1.24. The number of rotatable bonds is 3. The summed E-state index contributed by atoms with van der Waals surface area (Å²) in [4.78, 5) is 2.65. The third kappa shape index (κ3) is 3.27. The molecule has 1 saturated carbocycles. The predicted molar refractivity (Wildman–Crippen MR) is 76.6 cm³/mol. The molecule has 2 fully saturated rings. The first-order valence-electron chi connectivity index (χ1n) is 7.81. The molecule has 2 nitrogen and oxygen atoms in total. The number of aliphatic hydroxyl groups excluding tert-OH is 1. The summed E-state index contributed by atoms with van der Waals surface area (Å²) in [6, 6.07) is 0.752. The topological polar surface area (TPSA) is 23.5 Å². The molecule has 2 rings (SSSR count). The van der Waals surface area contributed by atoms with Crippen molar-refractivity contribution in [3.63, 3.8) is 0 Å². The first kappa shape index (κ1) is 14.3. The number of nitrogens with zero attached hydrogens (tertiary/aromatic N) is 1. The number of likely N-dealkylation sites (tertiary alicyclic amines) is 1. The van der Waals surface area contributed by atoms with Crippen LogP contribution in [-0.2, 0) is 0 Å². The summed E-state index contributed by atoms with van der Waals surface area (Å²) in [5, 5.41) is 10.3. The molecule has 1 heterocycles. The molecular formula is C16H31NO. The fourth-order valence-electron chi connectivity index (χ4n) is 4.04. The Bertz CT molecular complexity index is 274. The van der Waals surface area contributed by atoms with Gasteiger partial charge in [-0.15, -0.1) is 0 Å². The van der Waals surface area contributed by atoms with E-state index in [9.17, 15) is 5.11 Å². The molecule has 3 atom stereocenters. The van der Waals surface area contributed by atoms with Crippen LogP contribution in [0.25, 0.3) is 0 Å². The molecular weight excluding hydrogens is 222 g/mol. The van der Waals surface area contributed by atoms with Crippen molar-refractivity contribution in [2.45, 2.75) is 71.9 Å². The minimum atomic E-state index is -0.0635. The second-order valence-electron chi connectivity index (χ2n) is 7.68. The molecule has 0 aromatic carbocycles. The maximum atomic E-state index is 10.3. The number of hydrogen-bond donors (Lipinski definition) is 1. The van der Waals surface area contributed by atoms with E-state index in [1.807, 2.05) is 0 Å². The van der Waals surface area contributed by atoms with Gasteiger partial charge in [0.15, 0.2) is 0 Å². The summed E-state index contributed by atoms with van der Waals surface area (Å²) < 4.78 is 0. The molecule has 0 aromatic heterocycles. The number of hydrogen-bond acceptors (Lipinski definition) is 2. The third-order valence-corrected chi connectivity index (χ3v) is 5.13. The van der Waals surface area contributed by atoms with Gasteiger partial charge < -0.3 is 5.11 Å². The zero-order valence-electron chi connectivity index (χ0n) is 12.7. The molecule has 0 amide bonds. The van der Waals surface area contributed by atoms with Crippen LogP contribution in [0.5, 0.6) is 0 Å². The van der Waals surface area contributed by atoms with Gasteiger partial charge in [-0.05, 0) is 55.9 Å². The Morgan fingerprint density at radius 2 is 2.00 bits per heavy atom. The van der Waals surface area contributed by atoms with Gasteiger partial charge in [-0.25, -0.2) is 0 Å². The SMILES string of the molecule is CC(C)C1CCCN1CC1CC(C)(C)CCC1O. The van der Waals surface area contributed by atoms with Crippen LogP contribution in [0.3, 0.4) is 0 Å². The Morgan fingerprint density at radius 1 is 1.28 bits per heavy atom. The van der Waals surface area contributed by atoms with Gasteiger partial charge in [-0.1, -0.05) is 27.7 Å². The molecule has 106 valence electrons. The fraction of sp³-hybridized carbons (Fsp3) is 1.00. The van der Waals surface area contributed by atoms with E-state index in [0.717, 1.165) is 24.9 Å². The Labute approximate surface area is 113 Å². The molecule has 1 N–H and O–H groups in total. The standard InChI is InChI=1S/C16H31NO/c1-12(2)14-6-5-9-17(14)11-13-10-16(3,4)8-7-15(13)18/h12-15,18H,5-11H2,1-4H3. The van der Waals surface area contributed by atoms with Crippen LogP contribution < -0.4 is 0 Å². The molecule has 2 aliphatic rings. The zero-order chi connectivity index (χ0) is 13.3. The molecule has 0 radical (unpaired) electrons. The lowest BCUT2D eigenvalue weighted by molar-refractivity contribution is -0.000312. The Hall–Kier alpha value is -0.0800. The van der Waals surface area contributed by atoms with E-state index in [-0.39, 0.29) is 6.10 Å². The smallest absolute Gasteiger partial charge is 0.0581 e. The van der Waals surface area contributed by atoms with Gasteiger partial charge in [0.25, 0.3) is 0 Å². The summed E-state index contributed by atoms with van der Waals surface area (Å²) in [6.45, 7) is 11.7. The maximum Gasteiger partial charge on any atom is 0.0581 e. The Balaban J connectivity index is 1.95. The van der Waals surface area contributed by atoms with Crippen molar-refractivity contribution in [2.75, 3.05) is 13.1 Å². The van der Waals surface area contributed by atoms with E-state index in [1.54, 1.807) is 0 Å². The van der Waals surface area contributed by atoms with Gasteiger partial charge >= 0.3 is 0 Å². The van der Waals surface area contributed by atoms with Crippen LogP contribution >= 0.6 is 0 Å². The summed E-state index contributed by atoms with van der Waals surface area (Å²) in [6.07, 6.45) is 6.00. The van der Waals surface area contributed by atoms with Gasteiger partial charge in [-0.2, -0.15) is 0 Å². The average molecular weight is 253 g/mol. The molecule has 0 spiro atoms. The van der Waals surface area contributed by atoms with Gasteiger partial charge in [-0.3, -0.25) is 4.90 Å². The molecule has 0 aromatic rings. The Morgan fingerprint density at radius 3 is 2.67 bits per heavy atom. The predicted octanol–water partition coefficient (Wildman–Crippen LogP) is 3.29. The summed E-state index contributed by atoms with van der Waals surface area (Å²) in [7, 11) is 0. The molecule has 18 heavy (non-hydrogen) atoms. The minimum Gasteiger partial charge on any atom is -0.393 e. The van der Waals surface area contributed by atoms with Crippen molar-refractivity contribution >= 4 is 0 Å². The summed E-state index contributed by atoms with van der Waals surface area (Å²) >= 11 is 0. The minimum absolute atomic E-state index is 0.0635. The highest BCUT2D eigenvalue weighted by atomic mass is 16.3. The van der Waals surface area contributed by atoms with Crippen LogP contribution in [0.15, 0.2) is 0 Å². The van der Waals surface area contributed by atoms with E-state index < -0.39 is 0 Å². The fourth-order valence-corrected chi connectivity index (χ4v) is 4.04. The van der Waals surface area contributed by atoms with Crippen molar-refractivity contribution in [2.24, 2.45) is 17.3 Å². The quantitative estimate of drug-likeness (QED) is 0.834. The van der Waals surface area contributed by atoms with Crippen molar-refractivity contribution in [1.29, 1.82) is 0 Å². The molecule has 3 unspecified atom stereocenters. The van der Waals surface area contributed by atoms with Crippen LogP contribution in [-0.4, -0.2) is 35.2 Å². The van der Waals surface area contributed by atoms with E-state index >= 15 is 0 Å². The van der Waals surface area contributed by atoms with Gasteiger partial charge in [0, 0.05) is 12.6 Å². The average Bonchev–Trinajstić information content (AvgIpc) is 2.71. The first-order valence-corrected chi connectivity index (χ1v) is 7.81. The zero-order valence-corrected chi connectivity index (χ0v) is 12.7. The van der Waals surface area contributed by atoms with Gasteiger partial charge in [0.05, 0.1) is 6.10 Å². The monoisotopic (exact) mass is 253 g/mol. The van der Waals surface area contributed by atoms with Crippen LogP contribution in [0.2, 0.25) is 0 Å². The lowest BCUT2D eigenvalue weighted by Gasteiger charge is -2.41. The largest absolute Gasteiger partial charge is 0.393 e. The molecule has 1 saturated heterocycles. The second kappa shape index (κ2) is 5.50. The van der Waals surface area contributed by atoms with Crippen LogP contribution in [0.1, 0.15) is 59.8 Å². The molecule has 1 aliphatic carbocycles. The maximum absolute atomic E-state index is 10.3. The van der Waals surface area contributed by atoms with E-state index in [0.29, 0.717) is 11.3 Å². The summed E-state index contributed by atoms with van der Waals surface area (Å²) in [5.41, 5.74) is 0.428. The van der Waals surface area contributed by atoms with Crippen LogP contribution in [0, 0.1) is 17.3 Å². The Kier molecular flexibility index (Phi) is 4.38. The van der Waals surface area contributed by atoms with E-state index in [1.165, 1.54) is 32.2 Å². The van der Waals surface area contributed by atoms with Gasteiger partial charge in [0.1, 0.15) is 0 Å². The highest BCUT2D eigenvalue weighted by Gasteiger charge is 2.37. The van der Waals surface area contributed by atoms with Crippen molar-refractivity contribution < 1.29 is 5.11 Å². The molecule has 0 bridgehead atoms. The van der Waals surface area contributed by atoms with Crippen molar-refractivity contribution in [3.8, 4) is 0 Å². The highest BCUT2D eigenvalue weighted by Crippen LogP contribution is 2.40. The van der Waals surface area contributed by atoms with Gasteiger partial charge in [0.2, 0.25) is 0 Å². The molecule has 2 heteroatoms. The third-order valence-electron chi connectivity index (χ3n) is 5.13. The lowest BCUT2D eigenvalue weighted by atomic mass is 9.70. The van der Waals surface area contributed by atoms with E-state index in [2.05, 4.69) is 32.6 Å². The first-order chi connectivity index (χ1) is 8.39. The van der Waals surface area contributed by atoms with Crippen molar-refractivity contribution in [3.05, 3.63) is 0 Å². The lowest BCUT2D eigenvalue weighted by Crippen LogP contribution is -2.44. The second-order valence-corrected chi connectivity index (χ2v) is 7.68. The highest BCUT2D eigenvalue weighted by molar-refractivity contribution is 4.89. The van der Waals surface area contributed by atoms with Crippen molar-refractivity contribution in [1.82, 2.24) is 4.90 Å².